The zero-order chi connectivity index (χ0) is 21.6. The molecule has 0 amide bonds. The molecule has 1 aromatic carbocycles. The zero-order valence-electron chi connectivity index (χ0n) is 18.3. The van der Waals surface area contributed by atoms with Gasteiger partial charge < -0.3 is 14.2 Å². The fraction of sp³-hybridized carbons (Fsp3) is 0.500. The maximum absolute atomic E-state index is 13.4. The van der Waals surface area contributed by atoms with Gasteiger partial charge in [-0.1, -0.05) is 32.9 Å². The summed E-state index contributed by atoms with van der Waals surface area (Å²) < 4.78 is 10.4. The van der Waals surface area contributed by atoms with E-state index in [4.69, 9.17) is 9.72 Å². The molecule has 0 spiro atoms. The number of aryl methyl sites for hydroxylation is 1. The van der Waals surface area contributed by atoms with Gasteiger partial charge in [-0.3, -0.25) is 13.9 Å². The van der Waals surface area contributed by atoms with Crippen molar-refractivity contribution >= 4 is 22.8 Å². The zero-order valence-corrected chi connectivity index (χ0v) is 18.3. The minimum Gasteiger partial charge on any atom is -0.495 e. The van der Waals surface area contributed by atoms with Crippen molar-refractivity contribution in [2.45, 2.75) is 40.3 Å². The van der Waals surface area contributed by atoms with Crippen LogP contribution >= 0.6 is 0 Å². The van der Waals surface area contributed by atoms with Crippen LogP contribution < -0.4 is 20.9 Å². The molecular formula is C22H29N5O3. The van der Waals surface area contributed by atoms with E-state index < -0.39 is 0 Å². The van der Waals surface area contributed by atoms with E-state index in [1.165, 1.54) is 9.13 Å². The topological polar surface area (TPSA) is 74.3 Å². The number of anilines is 2. The molecule has 160 valence electrons. The Morgan fingerprint density at radius 3 is 2.63 bits per heavy atom. The number of imidazole rings is 1. The van der Waals surface area contributed by atoms with Gasteiger partial charge >= 0.3 is 5.69 Å². The largest absolute Gasteiger partial charge is 0.495 e. The Hall–Kier alpha value is -3.03. The first-order chi connectivity index (χ1) is 14.3. The minimum atomic E-state index is -0.319. The first-order valence-corrected chi connectivity index (χ1v) is 10.4. The highest BCUT2D eigenvalue weighted by atomic mass is 16.5. The monoisotopic (exact) mass is 411 g/mol. The van der Waals surface area contributed by atoms with Gasteiger partial charge in [0.05, 0.1) is 12.8 Å². The average molecular weight is 412 g/mol. The van der Waals surface area contributed by atoms with E-state index in [-0.39, 0.29) is 11.2 Å². The lowest BCUT2D eigenvalue weighted by atomic mass is 10.1. The molecule has 0 aliphatic carbocycles. The van der Waals surface area contributed by atoms with Gasteiger partial charge in [0.15, 0.2) is 11.2 Å². The van der Waals surface area contributed by atoms with Crippen LogP contribution in [-0.2, 0) is 20.1 Å². The molecule has 3 heterocycles. The Morgan fingerprint density at radius 1 is 1.20 bits per heavy atom. The molecule has 0 N–H and O–H groups in total. The summed E-state index contributed by atoms with van der Waals surface area (Å²) in [5.74, 6) is 2.10. The minimum absolute atomic E-state index is 0.262. The fourth-order valence-corrected chi connectivity index (χ4v) is 4.15. The van der Waals surface area contributed by atoms with Crippen LogP contribution in [0.1, 0.15) is 27.2 Å². The number of hydrogen-bond donors (Lipinski definition) is 0. The quantitative estimate of drug-likeness (QED) is 0.645. The van der Waals surface area contributed by atoms with Crippen LogP contribution in [0.3, 0.4) is 0 Å². The Balaban J connectivity index is 1.96. The molecule has 0 radical (unpaired) electrons. The Morgan fingerprint density at radius 2 is 1.93 bits per heavy atom. The van der Waals surface area contributed by atoms with Crippen molar-refractivity contribution in [3.8, 4) is 5.75 Å². The third-order valence-electron chi connectivity index (χ3n) is 5.75. The number of hydrogen-bond acceptors (Lipinski definition) is 5. The molecular weight excluding hydrogens is 382 g/mol. The van der Waals surface area contributed by atoms with Crippen LogP contribution in [0.4, 0.5) is 11.6 Å². The van der Waals surface area contributed by atoms with E-state index in [1.807, 2.05) is 28.8 Å². The number of methoxy groups -OCH3 is 1. The maximum atomic E-state index is 13.4. The third-order valence-corrected chi connectivity index (χ3v) is 5.75. The summed E-state index contributed by atoms with van der Waals surface area (Å²) in [6, 6.07) is 7.78. The Labute approximate surface area is 175 Å². The van der Waals surface area contributed by atoms with Gasteiger partial charge in [-0.15, -0.1) is 0 Å². The first-order valence-electron chi connectivity index (χ1n) is 10.4. The van der Waals surface area contributed by atoms with E-state index in [0.717, 1.165) is 24.4 Å². The average Bonchev–Trinajstić information content (AvgIpc) is 3.11. The predicted molar refractivity (Wildman–Crippen MR) is 118 cm³/mol. The van der Waals surface area contributed by atoms with Crippen molar-refractivity contribution < 1.29 is 4.74 Å². The normalized spacial score (nSPS) is 16.3. The second kappa shape index (κ2) is 7.66. The van der Waals surface area contributed by atoms with Gasteiger partial charge in [-0.2, -0.15) is 4.98 Å². The number of aromatic nitrogens is 4. The predicted octanol–water partition coefficient (Wildman–Crippen LogP) is 2.74. The highest BCUT2D eigenvalue weighted by Gasteiger charge is 2.31. The van der Waals surface area contributed by atoms with E-state index in [2.05, 4.69) is 25.7 Å². The summed E-state index contributed by atoms with van der Waals surface area (Å²) in [7, 11) is 3.33. The standard InChI is InChI=1S/C22H29N5O3/c1-14(2)10-11-25-20(28)18-19(24(4)22(25)29)23-21-26(12-15(3)13-27(18)21)16-8-6-7-9-17(16)30-5/h6-9,14-15H,10-13H2,1-5H3/t15-/m1/s1. The lowest BCUT2D eigenvalue weighted by molar-refractivity contribution is 0.409. The molecule has 0 saturated carbocycles. The van der Waals surface area contributed by atoms with Crippen LogP contribution in [0.5, 0.6) is 5.75 Å². The summed E-state index contributed by atoms with van der Waals surface area (Å²) in [5, 5.41) is 0. The van der Waals surface area contributed by atoms with Crippen LogP contribution in [0.15, 0.2) is 33.9 Å². The molecule has 1 aliphatic rings. The second-order valence-corrected chi connectivity index (χ2v) is 8.56. The van der Waals surface area contributed by atoms with E-state index in [0.29, 0.717) is 42.0 Å². The number of nitrogens with zero attached hydrogens (tertiary/aromatic N) is 5. The van der Waals surface area contributed by atoms with Crippen molar-refractivity contribution in [3.63, 3.8) is 0 Å². The highest BCUT2D eigenvalue weighted by molar-refractivity contribution is 5.78. The smallest absolute Gasteiger partial charge is 0.332 e. The summed E-state index contributed by atoms with van der Waals surface area (Å²) in [4.78, 5) is 33.1. The SMILES string of the molecule is COc1ccccc1N1C[C@@H](C)Cn2c1nc1c2c(=O)n(CCC(C)C)c(=O)n1C. The second-order valence-electron chi connectivity index (χ2n) is 8.56. The van der Waals surface area contributed by atoms with Gasteiger partial charge in [0.1, 0.15) is 5.75 Å². The fourth-order valence-electron chi connectivity index (χ4n) is 4.15. The third kappa shape index (κ3) is 3.20. The van der Waals surface area contributed by atoms with Crippen molar-refractivity contribution in [2.24, 2.45) is 18.9 Å². The number of ether oxygens (including phenoxy) is 1. The number of rotatable bonds is 5. The van der Waals surface area contributed by atoms with Gasteiger partial charge in [0.2, 0.25) is 5.95 Å². The van der Waals surface area contributed by atoms with Crippen LogP contribution in [0.2, 0.25) is 0 Å². The molecule has 4 rings (SSSR count). The van der Waals surface area contributed by atoms with Gasteiger partial charge in [-0.25, -0.2) is 4.79 Å². The molecule has 3 aromatic rings. The maximum Gasteiger partial charge on any atom is 0.332 e. The van der Waals surface area contributed by atoms with Crippen molar-refractivity contribution in [2.75, 3.05) is 18.6 Å². The van der Waals surface area contributed by atoms with Crippen molar-refractivity contribution in [1.29, 1.82) is 0 Å². The van der Waals surface area contributed by atoms with E-state index >= 15 is 0 Å². The van der Waals surface area contributed by atoms with E-state index in [1.54, 1.807) is 14.2 Å². The Kier molecular flexibility index (Phi) is 5.17. The molecule has 30 heavy (non-hydrogen) atoms. The molecule has 0 fully saturated rings. The molecule has 0 bridgehead atoms. The lowest BCUT2D eigenvalue weighted by Crippen LogP contribution is -2.40. The van der Waals surface area contributed by atoms with Crippen LogP contribution in [-0.4, -0.2) is 32.3 Å². The molecule has 0 unspecified atom stereocenters. The summed E-state index contributed by atoms with van der Waals surface area (Å²) in [5.41, 5.74) is 1.23. The molecule has 8 nitrogen and oxygen atoms in total. The molecule has 2 aromatic heterocycles. The van der Waals surface area contributed by atoms with Gasteiger partial charge in [-0.05, 0) is 30.4 Å². The first kappa shape index (κ1) is 20.3. The van der Waals surface area contributed by atoms with Crippen LogP contribution in [0, 0.1) is 11.8 Å². The molecule has 0 saturated heterocycles. The van der Waals surface area contributed by atoms with Crippen molar-refractivity contribution in [1.82, 2.24) is 18.7 Å². The van der Waals surface area contributed by atoms with E-state index in [9.17, 15) is 9.59 Å². The van der Waals surface area contributed by atoms with Gasteiger partial charge in [0, 0.05) is 26.7 Å². The van der Waals surface area contributed by atoms with Crippen LogP contribution in [0.25, 0.3) is 11.2 Å². The molecule has 8 heteroatoms. The molecule has 1 atom stereocenters. The highest BCUT2D eigenvalue weighted by Crippen LogP contribution is 2.37. The summed E-state index contributed by atoms with van der Waals surface area (Å²) in [6.45, 7) is 8.15. The number of benzene rings is 1. The Bertz CT molecular complexity index is 1200. The number of fused-ring (bicyclic) bond motifs is 3. The molecule has 1 aliphatic heterocycles. The summed E-state index contributed by atoms with van der Waals surface area (Å²) >= 11 is 0. The lowest BCUT2D eigenvalue weighted by Gasteiger charge is -2.33. The van der Waals surface area contributed by atoms with Gasteiger partial charge in [0.25, 0.3) is 5.56 Å². The number of para-hydroxylation sites is 2. The van der Waals surface area contributed by atoms with Crippen molar-refractivity contribution in [3.05, 3.63) is 45.1 Å². The summed E-state index contributed by atoms with van der Waals surface area (Å²) in [6.07, 6.45) is 0.769.